The molecule has 1 atom stereocenters. The van der Waals surface area contributed by atoms with Crippen molar-refractivity contribution in [3.05, 3.63) is 70.2 Å². The van der Waals surface area contributed by atoms with E-state index in [4.69, 9.17) is 23.2 Å². The molecule has 0 unspecified atom stereocenters. The zero-order chi connectivity index (χ0) is 28.4. The molecule has 1 heterocycles. The molecule has 0 spiro atoms. The summed E-state index contributed by atoms with van der Waals surface area (Å²) in [6.45, 7) is 2.11. The van der Waals surface area contributed by atoms with Crippen LogP contribution in [0.15, 0.2) is 59.5 Å². The first-order valence-electron chi connectivity index (χ1n) is 13.8. The zero-order valence-corrected chi connectivity index (χ0v) is 24.7. The smallest absolute Gasteiger partial charge is 0.265 e. The molecule has 0 aromatic heterocycles. The Morgan fingerprint density at radius 3 is 2.35 bits per heavy atom. The normalized spacial score (nSPS) is 16.8. The van der Waals surface area contributed by atoms with Crippen molar-refractivity contribution in [1.29, 1.82) is 0 Å². The van der Waals surface area contributed by atoms with Crippen LogP contribution in [0.2, 0.25) is 10.0 Å². The van der Waals surface area contributed by atoms with Crippen molar-refractivity contribution >= 4 is 61.5 Å². The lowest BCUT2D eigenvalue weighted by atomic mass is 10.1. The average Bonchev–Trinajstić information content (AvgIpc) is 3.51. The van der Waals surface area contributed by atoms with Crippen LogP contribution in [0.1, 0.15) is 57.4 Å². The standard InChI is InChI=1S/C30H33Cl2N3O4S/c1-2-25(30(37)33-21-11-3-4-12-21)34(19-22-23(31)13-7-14-24(22)32)28(36)17-8-18-35-26-15-5-9-20-10-6-16-27(29(20)26)40(35,38)39/h5-7,9-10,13-16,21,25H,2-4,8,11-12,17-19H2,1H3,(H,33,37)/t25-/m0/s1. The molecule has 0 radical (unpaired) electrons. The summed E-state index contributed by atoms with van der Waals surface area (Å²) < 4.78 is 28.1. The molecule has 10 heteroatoms. The average molecular weight is 603 g/mol. The minimum atomic E-state index is -3.71. The van der Waals surface area contributed by atoms with E-state index in [0.717, 1.165) is 31.1 Å². The first kappa shape index (κ1) is 28.7. The van der Waals surface area contributed by atoms with Crippen LogP contribution >= 0.6 is 23.2 Å². The molecule has 3 aromatic carbocycles. The molecule has 3 aromatic rings. The van der Waals surface area contributed by atoms with Crippen molar-refractivity contribution in [2.75, 3.05) is 10.8 Å². The number of anilines is 1. The summed E-state index contributed by atoms with van der Waals surface area (Å²) in [7, 11) is -3.71. The van der Waals surface area contributed by atoms with Crippen LogP contribution in [-0.4, -0.2) is 43.8 Å². The van der Waals surface area contributed by atoms with E-state index in [0.29, 0.717) is 33.1 Å². The highest BCUT2D eigenvalue weighted by molar-refractivity contribution is 7.93. The van der Waals surface area contributed by atoms with Crippen molar-refractivity contribution in [2.45, 2.75) is 75.4 Å². The molecule has 5 rings (SSSR count). The number of halogens is 2. The van der Waals surface area contributed by atoms with E-state index >= 15 is 0 Å². The third kappa shape index (κ3) is 5.54. The van der Waals surface area contributed by atoms with E-state index in [1.54, 1.807) is 41.3 Å². The summed E-state index contributed by atoms with van der Waals surface area (Å²) in [5.41, 5.74) is 1.21. The molecule has 0 saturated heterocycles. The lowest BCUT2D eigenvalue weighted by Crippen LogP contribution is -2.51. The number of carbonyl (C=O) groups is 2. The van der Waals surface area contributed by atoms with Crippen LogP contribution in [0, 0.1) is 0 Å². The molecule has 2 aliphatic rings. The minimum absolute atomic E-state index is 0.0631. The lowest BCUT2D eigenvalue weighted by molar-refractivity contribution is -0.141. The van der Waals surface area contributed by atoms with E-state index < -0.39 is 16.1 Å². The third-order valence-corrected chi connectivity index (χ3v) is 10.5. The summed E-state index contributed by atoms with van der Waals surface area (Å²) >= 11 is 12.9. The van der Waals surface area contributed by atoms with Crippen LogP contribution in [-0.2, 0) is 26.2 Å². The highest BCUT2D eigenvalue weighted by Gasteiger charge is 2.36. The highest BCUT2D eigenvalue weighted by Crippen LogP contribution is 2.42. The molecule has 1 fully saturated rings. The van der Waals surface area contributed by atoms with E-state index in [1.165, 1.54) is 4.31 Å². The van der Waals surface area contributed by atoms with Gasteiger partial charge in [0, 0.05) is 46.5 Å². The molecule has 1 saturated carbocycles. The third-order valence-electron chi connectivity index (χ3n) is 7.91. The Kier molecular flexibility index (Phi) is 8.59. The van der Waals surface area contributed by atoms with E-state index in [-0.39, 0.29) is 48.7 Å². The van der Waals surface area contributed by atoms with Gasteiger partial charge in [0.15, 0.2) is 0 Å². The molecule has 40 heavy (non-hydrogen) atoms. The van der Waals surface area contributed by atoms with Gasteiger partial charge in [-0.3, -0.25) is 13.9 Å². The van der Waals surface area contributed by atoms with Crippen molar-refractivity contribution in [2.24, 2.45) is 0 Å². The van der Waals surface area contributed by atoms with Gasteiger partial charge in [-0.15, -0.1) is 0 Å². The van der Waals surface area contributed by atoms with Crippen LogP contribution in [0.4, 0.5) is 5.69 Å². The van der Waals surface area contributed by atoms with Gasteiger partial charge in [0.1, 0.15) is 6.04 Å². The summed E-state index contributed by atoms with van der Waals surface area (Å²) in [4.78, 5) is 29.0. The lowest BCUT2D eigenvalue weighted by Gasteiger charge is -2.32. The predicted octanol–water partition coefficient (Wildman–Crippen LogP) is 6.30. The van der Waals surface area contributed by atoms with Gasteiger partial charge >= 0.3 is 0 Å². The molecule has 1 aliphatic carbocycles. The molecule has 2 amide bonds. The van der Waals surface area contributed by atoms with Crippen LogP contribution in [0.3, 0.4) is 0 Å². The molecular formula is C30H33Cl2N3O4S. The first-order chi connectivity index (χ1) is 19.2. The number of nitrogens with zero attached hydrogens (tertiary/aromatic N) is 2. The molecule has 7 nitrogen and oxygen atoms in total. The number of hydrogen-bond acceptors (Lipinski definition) is 4. The van der Waals surface area contributed by atoms with Crippen LogP contribution in [0.5, 0.6) is 0 Å². The van der Waals surface area contributed by atoms with Gasteiger partial charge in [-0.1, -0.05) is 73.3 Å². The van der Waals surface area contributed by atoms with Crippen molar-refractivity contribution in [1.82, 2.24) is 10.2 Å². The molecule has 0 bridgehead atoms. The van der Waals surface area contributed by atoms with Gasteiger partial charge in [0.25, 0.3) is 10.0 Å². The topological polar surface area (TPSA) is 86.8 Å². The maximum absolute atomic E-state index is 13.7. The summed E-state index contributed by atoms with van der Waals surface area (Å²) in [5, 5.41) is 5.54. The summed E-state index contributed by atoms with van der Waals surface area (Å²) in [5.74, 6) is -0.438. The van der Waals surface area contributed by atoms with E-state index in [2.05, 4.69) is 5.32 Å². The Morgan fingerprint density at radius 2 is 1.68 bits per heavy atom. The van der Waals surface area contributed by atoms with Crippen molar-refractivity contribution in [3.63, 3.8) is 0 Å². The number of nitrogens with one attached hydrogen (secondary N) is 1. The quantitative estimate of drug-likeness (QED) is 0.295. The number of sulfonamides is 1. The van der Waals surface area contributed by atoms with Gasteiger partial charge in [0.2, 0.25) is 11.8 Å². The highest BCUT2D eigenvalue weighted by atomic mass is 35.5. The van der Waals surface area contributed by atoms with Gasteiger partial charge in [-0.25, -0.2) is 8.42 Å². The molecule has 1 N–H and O–H groups in total. The monoisotopic (exact) mass is 601 g/mol. The van der Waals surface area contributed by atoms with E-state index in [9.17, 15) is 18.0 Å². The number of carbonyl (C=O) groups excluding carboxylic acids is 2. The van der Waals surface area contributed by atoms with Gasteiger partial charge in [-0.2, -0.15) is 0 Å². The fourth-order valence-corrected chi connectivity index (χ4v) is 8.12. The van der Waals surface area contributed by atoms with Gasteiger partial charge in [0.05, 0.1) is 10.6 Å². The number of amides is 2. The Hall–Kier alpha value is -2.81. The Morgan fingerprint density at radius 1 is 1.02 bits per heavy atom. The molecular weight excluding hydrogens is 569 g/mol. The fraction of sp³-hybridized carbons (Fsp3) is 0.400. The second-order valence-corrected chi connectivity index (χ2v) is 13.1. The van der Waals surface area contributed by atoms with Crippen LogP contribution in [0.25, 0.3) is 10.8 Å². The number of hydrogen-bond donors (Lipinski definition) is 1. The van der Waals surface area contributed by atoms with Gasteiger partial charge in [-0.05, 0) is 55.3 Å². The zero-order valence-electron chi connectivity index (χ0n) is 22.4. The molecule has 1 aliphatic heterocycles. The maximum atomic E-state index is 13.7. The van der Waals surface area contributed by atoms with Crippen molar-refractivity contribution < 1.29 is 18.0 Å². The number of rotatable bonds is 10. The molecule has 212 valence electrons. The Balaban J connectivity index is 1.35. The summed E-state index contributed by atoms with van der Waals surface area (Å²) in [6.07, 6.45) is 4.80. The minimum Gasteiger partial charge on any atom is -0.352 e. The van der Waals surface area contributed by atoms with E-state index in [1.807, 2.05) is 25.1 Å². The number of benzene rings is 3. The first-order valence-corrected chi connectivity index (χ1v) is 16.0. The fourth-order valence-electron chi connectivity index (χ4n) is 5.86. The SMILES string of the molecule is CC[C@@H](C(=O)NC1CCCC1)N(Cc1c(Cl)cccc1Cl)C(=O)CCCN1c2cccc3cccc(c23)S1(=O)=O. The second kappa shape index (κ2) is 12.0. The van der Waals surface area contributed by atoms with Crippen LogP contribution < -0.4 is 9.62 Å². The Bertz CT molecular complexity index is 1510. The summed E-state index contributed by atoms with van der Waals surface area (Å²) in [6, 6.07) is 15.4. The second-order valence-electron chi connectivity index (χ2n) is 10.4. The van der Waals surface area contributed by atoms with Gasteiger partial charge < -0.3 is 10.2 Å². The Labute approximate surface area is 245 Å². The predicted molar refractivity (Wildman–Crippen MR) is 159 cm³/mol. The largest absolute Gasteiger partial charge is 0.352 e. The van der Waals surface area contributed by atoms with Crippen molar-refractivity contribution in [3.8, 4) is 0 Å². The maximum Gasteiger partial charge on any atom is 0.265 e.